The standard InChI is InChI=1S/C17H12BrFO2/c1-2-14-16(12-5-3-4-6-15(12)21-14)17(20)11-8-7-10(18)9-13(11)19/h3-9H,2H2,1H3. The molecule has 0 atom stereocenters. The van der Waals surface area contributed by atoms with E-state index in [1.807, 2.05) is 31.2 Å². The lowest BCUT2D eigenvalue weighted by molar-refractivity contribution is 0.103. The van der Waals surface area contributed by atoms with E-state index in [4.69, 9.17) is 4.42 Å². The quantitative estimate of drug-likeness (QED) is 0.615. The average molecular weight is 347 g/mol. The van der Waals surface area contributed by atoms with Crippen molar-refractivity contribution in [2.45, 2.75) is 13.3 Å². The summed E-state index contributed by atoms with van der Waals surface area (Å²) in [6.07, 6.45) is 0.577. The molecule has 3 rings (SSSR count). The number of furan rings is 1. The van der Waals surface area contributed by atoms with Gasteiger partial charge in [0, 0.05) is 16.3 Å². The van der Waals surface area contributed by atoms with Crippen molar-refractivity contribution in [2.75, 3.05) is 0 Å². The molecule has 0 aliphatic rings. The van der Waals surface area contributed by atoms with Gasteiger partial charge in [0.15, 0.2) is 5.78 Å². The fraction of sp³-hybridized carbons (Fsp3) is 0.118. The van der Waals surface area contributed by atoms with E-state index in [0.29, 0.717) is 27.8 Å². The first-order valence-electron chi connectivity index (χ1n) is 6.62. The molecule has 0 saturated carbocycles. The van der Waals surface area contributed by atoms with E-state index in [1.54, 1.807) is 6.07 Å². The van der Waals surface area contributed by atoms with Gasteiger partial charge in [0.25, 0.3) is 0 Å². The lowest BCUT2D eigenvalue weighted by atomic mass is 9.99. The van der Waals surface area contributed by atoms with Gasteiger partial charge in [-0.25, -0.2) is 4.39 Å². The Balaban J connectivity index is 2.21. The van der Waals surface area contributed by atoms with E-state index >= 15 is 0 Å². The van der Waals surface area contributed by atoms with Crippen LogP contribution in [-0.4, -0.2) is 5.78 Å². The maximum Gasteiger partial charge on any atom is 0.200 e. The van der Waals surface area contributed by atoms with Gasteiger partial charge in [-0.3, -0.25) is 4.79 Å². The minimum atomic E-state index is -0.540. The summed E-state index contributed by atoms with van der Waals surface area (Å²) < 4.78 is 20.4. The van der Waals surface area contributed by atoms with Crippen molar-refractivity contribution in [2.24, 2.45) is 0 Å². The molecule has 3 aromatic rings. The van der Waals surface area contributed by atoms with Crippen LogP contribution in [0.1, 0.15) is 28.6 Å². The number of hydrogen-bond acceptors (Lipinski definition) is 2. The molecule has 0 unspecified atom stereocenters. The summed E-state index contributed by atoms with van der Waals surface area (Å²) in [6, 6.07) is 11.8. The van der Waals surface area contributed by atoms with Crippen molar-refractivity contribution in [3.63, 3.8) is 0 Å². The number of hydrogen-bond donors (Lipinski definition) is 0. The van der Waals surface area contributed by atoms with Crippen LogP contribution in [0.15, 0.2) is 51.4 Å². The van der Waals surface area contributed by atoms with Crippen molar-refractivity contribution in [3.8, 4) is 0 Å². The molecule has 0 bridgehead atoms. The molecule has 2 aromatic carbocycles. The van der Waals surface area contributed by atoms with Gasteiger partial charge in [-0.1, -0.05) is 41.1 Å². The molecule has 0 saturated heterocycles. The van der Waals surface area contributed by atoms with Gasteiger partial charge in [0.2, 0.25) is 0 Å². The van der Waals surface area contributed by atoms with Crippen molar-refractivity contribution in [1.82, 2.24) is 0 Å². The number of carbonyl (C=O) groups excluding carboxylic acids is 1. The molecule has 0 fully saturated rings. The molecule has 0 aliphatic carbocycles. The molecule has 0 N–H and O–H groups in total. The first kappa shape index (κ1) is 14.0. The number of para-hydroxylation sites is 1. The van der Waals surface area contributed by atoms with E-state index in [2.05, 4.69) is 15.9 Å². The van der Waals surface area contributed by atoms with Gasteiger partial charge >= 0.3 is 0 Å². The number of aryl methyl sites for hydroxylation is 1. The summed E-state index contributed by atoms with van der Waals surface area (Å²) in [7, 11) is 0. The number of carbonyl (C=O) groups is 1. The van der Waals surface area contributed by atoms with Crippen molar-refractivity contribution < 1.29 is 13.6 Å². The van der Waals surface area contributed by atoms with Gasteiger partial charge in [0.1, 0.15) is 17.2 Å². The first-order chi connectivity index (χ1) is 10.1. The van der Waals surface area contributed by atoms with Crippen molar-refractivity contribution >= 4 is 32.7 Å². The SMILES string of the molecule is CCc1oc2ccccc2c1C(=O)c1ccc(Br)cc1F. The Morgan fingerprint density at radius 2 is 2.00 bits per heavy atom. The lowest BCUT2D eigenvalue weighted by Crippen LogP contribution is -2.06. The van der Waals surface area contributed by atoms with E-state index < -0.39 is 5.82 Å². The highest BCUT2D eigenvalue weighted by molar-refractivity contribution is 9.10. The van der Waals surface area contributed by atoms with Crippen LogP contribution in [0.5, 0.6) is 0 Å². The minimum Gasteiger partial charge on any atom is -0.460 e. The van der Waals surface area contributed by atoms with Crippen LogP contribution in [0.4, 0.5) is 4.39 Å². The molecule has 21 heavy (non-hydrogen) atoms. The van der Waals surface area contributed by atoms with Crippen LogP contribution in [-0.2, 0) is 6.42 Å². The second-order valence-corrected chi connectivity index (χ2v) is 5.62. The average Bonchev–Trinajstić information content (AvgIpc) is 2.85. The number of fused-ring (bicyclic) bond motifs is 1. The van der Waals surface area contributed by atoms with Crippen molar-refractivity contribution in [3.05, 3.63) is 69.6 Å². The Morgan fingerprint density at radius 1 is 1.24 bits per heavy atom. The molecule has 4 heteroatoms. The highest BCUT2D eigenvalue weighted by Crippen LogP contribution is 2.29. The molecule has 2 nitrogen and oxygen atoms in total. The Bertz CT molecular complexity index is 836. The van der Waals surface area contributed by atoms with Crippen LogP contribution < -0.4 is 0 Å². The number of rotatable bonds is 3. The Morgan fingerprint density at radius 3 is 2.71 bits per heavy atom. The molecule has 1 heterocycles. The highest BCUT2D eigenvalue weighted by Gasteiger charge is 2.23. The maximum atomic E-state index is 14.0. The van der Waals surface area contributed by atoms with E-state index in [1.165, 1.54) is 12.1 Å². The summed E-state index contributed by atoms with van der Waals surface area (Å²) in [5.41, 5.74) is 1.16. The summed E-state index contributed by atoms with van der Waals surface area (Å²) in [4.78, 5) is 12.7. The normalized spacial score (nSPS) is 11.0. The van der Waals surface area contributed by atoms with Gasteiger partial charge in [0.05, 0.1) is 11.1 Å². The second kappa shape index (κ2) is 5.45. The molecular formula is C17H12BrFO2. The zero-order valence-corrected chi connectivity index (χ0v) is 12.9. The fourth-order valence-corrected chi connectivity index (χ4v) is 2.74. The summed E-state index contributed by atoms with van der Waals surface area (Å²) in [5, 5.41) is 0.724. The third-order valence-electron chi connectivity index (χ3n) is 3.39. The van der Waals surface area contributed by atoms with Crippen LogP contribution >= 0.6 is 15.9 Å². The number of halogens is 2. The zero-order chi connectivity index (χ0) is 15.0. The lowest BCUT2D eigenvalue weighted by Gasteiger charge is -2.03. The van der Waals surface area contributed by atoms with Gasteiger partial charge in [-0.15, -0.1) is 0 Å². The minimum absolute atomic E-state index is 0.0550. The second-order valence-electron chi connectivity index (χ2n) is 4.70. The van der Waals surface area contributed by atoms with Crippen LogP contribution in [0, 0.1) is 5.82 Å². The number of ketones is 1. The molecule has 0 radical (unpaired) electrons. The van der Waals surface area contributed by atoms with Crippen LogP contribution in [0.25, 0.3) is 11.0 Å². The van der Waals surface area contributed by atoms with E-state index in [9.17, 15) is 9.18 Å². The maximum absolute atomic E-state index is 14.0. The predicted molar refractivity (Wildman–Crippen MR) is 83.1 cm³/mol. The molecule has 106 valence electrons. The largest absolute Gasteiger partial charge is 0.460 e. The monoisotopic (exact) mass is 346 g/mol. The predicted octanol–water partition coefficient (Wildman–Crippen LogP) is 5.13. The molecular weight excluding hydrogens is 335 g/mol. The highest BCUT2D eigenvalue weighted by atomic mass is 79.9. The van der Waals surface area contributed by atoms with Gasteiger partial charge < -0.3 is 4.42 Å². The molecule has 1 aromatic heterocycles. The van der Waals surface area contributed by atoms with Gasteiger partial charge in [-0.2, -0.15) is 0 Å². The smallest absolute Gasteiger partial charge is 0.200 e. The van der Waals surface area contributed by atoms with E-state index in [-0.39, 0.29) is 11.3 Å². The Labute approximate surface area is 129 Å². The fourth-order valence-electron chi connectivity index (χ4n) is 2.40. The molecule has 0 spiro atoms. The summed E-state index contributed by atoms with van der Waals surface area (Å²) >= 11 is 3.19. The summed E-state index contributed by atoms with van der Waals surface area (Å²) in [6.45, 7) is 1.91. The van der Waals surface area contributed by atoms with Crippen LogP contribution in [0.2, 0.25) is 0 Å². The van der Waals surface area contributed by atoms with Crippen LogP contribution in [0.3, 0.4) is 0 Å². The molecule has 0 aliphatic heterocycles. The Kier molecular flexibility index (Phi) is 3.64. The topological polar surface area (TPSA) is 30.2 Å². The third kappa shape index (κ3) is 2.40. The zero-order valence-electron chi connectivity index (χ0n) is 11.3. The first-order valence-corrected chi connectivity index (χ1v) is 7.41. The van der Waals surface area contributed by atoms with Crippen molar-refractivity contribution in [1.29, 1.82) is 0 Å². The molecule has 0 amide bonds. The Hall–Kier alpha value is -1.94. The number of benzene rings is 2. The van der Waals surface area contributed by atoms with E-state index in [0.717, 1.165) is 5.39 Å². The van der Waals surface area contributed by atoms with Gasteiger partial charge in [-0.05, 0) is 24.3 Å². The summed E-state index contributed by atoms with van der Waals surface area (Å²) in [5.74, 6) is -0.299. The third-order valence-corrected chi connectivity index (χ3v) is 3.89.